The van der Waals surface area contributed by atoms with E-state index in [4.69, 9.17) is 10.5 Å². The molecule has 2 atom stereocenters. The van der Waals surface area contributed by atoms with Crippen molar-refractivity contribution >= 4 is 6.09 Å². The molecule has 0 spiro atoms. The van der Waals surface area contributed by atoms with Crippen molar-refractivity contribution in [2.24, 2.45) is 17.6 Å². The Morgan fingerprint density at radius 1 is 1.33 bits per heavy atom. The van der Waals surface area contributed by atoms with Crippen LogP contribution in [-0.2, 0) is 4.74 Å². The summed E-state index contributed by atoms with van der Waals surface area (Å²) in [6.45, 7) is 10.3. The maximum Gasteiger partial charge on any atom is 0.410 e. The Morgan fingerprint density at radius 3 is 2.50 bits per heavy atom. The number of carbonyl (C=O) groups is 1. The summed E-state index contributed by atoms with van der Waals surface area (Å²) in [7, 11) is 0. The fourth-order valence-electron chi connectivity index (χ4n) is 2.47. The van der Waals surface area contributed by atoms with Gasteiger partial charge in [-0.05, 0) is 58.4 Å². The van der Waals surface area contributed by atoms with E-state index in [1.807, 2.05) is 25.7 Å². The van der Waals surface area contributed by atoms with Gasteiger partial charge in [-0.15, -0.1) is 0 Å². The Kier molecular flexibility index (Phi) is 5.45. The van der Waals surface area contributed by atoms with Gasteiger partial charge in [0.2, 0.25) is 0 Å². The van der Waals surface area contributed by atoms with Crippen LogP contribution >= 0.6 is 0 Å². The highest BCUT2D eigenvalue weighted by Crippen LogP contribution is 2.26. The molecule has 0 saturated carbocycles. The molecule has 2 N–H and O–H groups in total. The van der Waals surface area contributed by atoms with Crippen molar-refractivity contribution < 1.29 is 9.53 Å². The van der Waals surface area contributed by atoms with E-state index in [1.165, 1.54) is 0 Å². The lowest BCUT2D eigenvalue weighted by atomic mass is 9.87. The predicted octanol–water partition coefficient (Wildman–Crippen LogP) is 2.62. The summed E-state index contributed by atoms with van der Waals surface area (Å²) in [4.78, 5) is 13.9. The van der Waals surface area contributed by atoms with E-state index in [0.29, 0.717) is 11.8 Å². The number of amides is 1. The molecule has 4 nitrogen and oxygen atoms in total. The van der Waals surface area contributed by atoms with Gasteiger partial charge in [0.05, 0.1) is 0 Å². The van der Waals surface area contributed by atoms with E-state index in [0.717, 1.165) is 38.9 Å². The number of rotatable bonds is 2. The van der Waals surface area contributed by atoms with Gasteiger partial charge in [-0.25, -0.2) is 4.79 Å². The van der Waals surface area contributed by atoms with Gasteiger partial charge in [-0.1, -0.05) is 6.92 Å². The SMILES string of the molecule is CC1CCN(C(=O)OC(C)(C)C)CCC1CCN. The van der Waals surface area contributed by atoms with Crippen LogP contribution in [-0.4, -0.2) is 36.2 Å². The van der Waals surface area contributed by atoms with Crippen molar-refractivity contribution in [2.45, 2.75) is 52.6 Å². The molecule has 4 heteroatoms. The van der Waals surface area contributed by atoms with Crippen LogP contribution in [0.5, 0.6) is 0 Å². The summed E-state index contributed by atoms with van der Waals surface area (Å²) < 4.78 is 5.43. The zero-order valence-electron chi connectivity index (χ0n) is 12.2. The lowest BCUT2D eigenvalue weighted by Gasteiger charge is -2.26. The summed E-state index contributed by atoms with van der Waals surface area (Å²) in [6.07, 6.45) is 2.97. The molecule has 2 unspecified atom stereocenters. The number of hydrogen-bond donors (Lipinski definition) is 1. The van der Waals surface area contributed by atoms with Crippen LogP contribution in [0.25, 0.3) is 0 Å². The molecule has 1 rings (SSSR count). The van der Waals surface area contributed by atoms with Crippen molar-refractivity contribution in [3.8, 4) is 0 Å². The fraction of sp³-hybridized carbons (Fsp3) is 0.929. The number of ether oxygens (including phenoxy) is 1. The minimum Gasteiger partial charge on any atom is -0.444 e. The topological polar surface area (TPSA) is 55.6 Å². The Labute approximate surface area is 111 Å². The normalized spacial score (nSPS) is 25.7. The molecular formula is C14H28N2O2. The second-order valence-electron chi connectivity index (χ2n) is 6.36. The maximum atomic E-state index is 12.0. The van der Waals surface area contributed by atoms with Crippen molar-refractivity contribution in [3.63, 3.8) is 0 Å². The molecule has 1 aliphatic heterocycles. The number of likely N-dealkylation sites (tertiary alicyclic amines) is 1. The highest BCUT2D eigenvalue weighted by atomic mass is 16.6. The van der Waals surface area contributed by atoms with Crippen LogP contribution < -0.4 is 5.73 Å². The summed E-state index contributed by atoms with van der Waals surface area (Å²) >= 11 is 0. The van der Waals surface area contributed by atoms with E-state index in [9.17, 15) is 4.79 Å². The monoisotopic (exact) mass is 256 g/mol. The summed E-state index contributed by atoms with van der Waals surface area (Å²) in [5.74, 6) is 1.28. The first-order valence-electron chi connectivity index (χ1n) is 7.01. The molecule has 0 aromatic heterocycles. The number of carbonyl (C=O) groups excluding carboxylic acids is 1. The molecule has 0 aromatic carbocycles. The quantitative estimate of drug-likeness (QED) is 0.826. The summed E-state index contributed by atoms with van der Waals surface area (Å²) in [6, 6.07) is 0. The lowest BCUT2D eigenvalue weighted by molar-refractivity contribution is 0.0254. The van der Waals surface area contributed by atoms with E-state index >= 15 is 0 Å². The second-order valence-corrected chi connectivity index (χ2v) is 6.36. The Balaban J connectivity index is 2.53. The van der Waals surface area contributed by atoms with Gasteiger partial charge in [0.15, 0.2) is 0 Å². The Hall–Kier alpha value is -0.770. The van der Waals surface area contributed by atoms with Crippen LogP contribution in [0.4, 0.5) is 4.79 Å². The van der Waals surface area contributed by atoms with E-state index in [2.05, 4.69) is 6.92 Å². The van der Waals surface area contributed by atoms with Crippen molar-refractivity contribution in [1.29, 1.82) is 0 Å². The number of nitrogens with two attached hydrogens (primary N) is 1. The second kappa shape index (κ2) is 6.41. The Morgan fingerprint density at radius 2 is 1.94 bits per heavy atom. The predicted molar refractivity (Wildman–Crippen MR) is 73.4 cm³/mol. The molecule has 106 valence electrons. The maximum absolute atomic E-state index is 12.0. The van der Waals surface area contributed by atoms with Crippen LogP contribution in [0.1, 0.15) is 47.0 Å². The molecule has 1 heterocycles. The molecule has 18 heavy (non-hydrogen) atoms. The smallest absolute Gasteiger partial charge is 0.410 e. The van der Waals surface area contributed by atoms with Gasteiger partial charge in [0, 0.05) is 13.1 Å². The van der Waals surface area contributed by atoms with Gasteiger partial charge < -0.3 is 15.4 Å². The molecule has 0 aromatic rings. The van der Waals surface area contributed by atoms with Gasteiger partial charge in [0.1, 0.15) is 5.60 Å². The van der Waals surface area contributed by atoms with Crippen LogP contribution in [0.15, 0.2) is 0 Å². The molecule has 0 radical (unpaired) electrons. The molecular weight excluding hydrogens is 228 g/mol. The molecule has 1 saturated heterocycles. The number of nitrogens with zero attached hydrogens (tertiary/aromatic N) is 1. The minimum atomic E-state index is -0.411. The lowest BCUT2D eigenvalue weighted by Crippen LogP contribution is -2.37. The average molecular weight is 256 g/mol. The standard InChI is InChI=1S/C14H28N2O2/c1-11-6-9-16(10-7-12(11)5-8-15)13(17)18-14(2,3)4/h11-12H,5-10,15H2,1-4H3. The molecule has 1 amide bonds. The van der Waals surface area contributed by atoms with E-state index in [1.54, 1.807) is 0 Å². The summed E-state index contributed by atoms with van der Waals surface area (Å²) in [5, 5.41) is 0. The van der Waals surface area contributed by atoms with Crippen LogP contribution in [0.3, 0.4) is 0 Å². The minimum absolute atomic E-state index is 0.178. The first-order valence-corrected chi connectivity index (χ1v) is 7.01. The first kappa shape index (κ1) is 15.3. The highest BCUT2D eigenvalue weighted by Gasteiger charge is 2.27. The average Bonchev–Trinajstić information content (AvgIpc) is 2.40. The van der Waals surface area contributed by atoms with Gasteiger partial charge in [-0.2, -0.15) is 0 Å². The van der Waals surface area contributed by atoms with Crippen LogP contribution in [0.2, 0.25) is 0 Å². The first-order chi connectivity index (χ1) is 8.33. The van der Waals surface area contributed by atoms with E-state index in [-0.39, 0.29) is 6.09 Å². The van der Waals surface area contributed by atoms with Crippen LogP contribution in [0, 0.1) is 11.8 Å². The fourth-order valence-corrected chi connectivity index (χ4v) is 2.47. The third-order valence-corrected chi connectivity index (χ3v) is 3.62. The third-order valence-electron chi connectivity index (χ3n) is 3.62. The highest BCUT2D eigenvalue weighted by molar-refractivity contribution is 5.68. The third kappa shape index (κ3) is 4.84. The van der Waals surface area contributed by atoms with Gasteiger partial charge in [-0.3, -0.25) is 0 Å². The molecule has 1 fully saturated rings. The van der Waals surface area contributed by atoms with Crippen molar-refractivity contribution in [2.75, 3.05) is 19.6 Å². The zero-order chi connectivity index (χ0) is 13.8. The van der Waals surface area contributed by atoms with E-state index < -0.39 is 5.60 Å². The zero-order valence-corrected chi connectivity index (χ0v) is 12.2. The largest absolute Gasteiger partial charge is 0.444 e. The molecule has 1 aliphatic rings. The van der Waals surface area contributed by atoms with Gasteiger partial charge in [0.25, 0.3) is 0 Å². The number of hydrogen-bond acceptors (Lipinski definition) is 3. The molecule has 0 aliphatic carbocycles. The summed E-state index contributed by atoms with van der Waals surface area (Å²) in [5.41, 5.74) is 5.23. The van der Waals surface area contributed by atoms with Crippen molar-refractivity contribution in [3.05, 3.63) is 0 Å². The van der Waals surface area contributed by atoms with Crippen molar-refractivity contribution in [1.82, 2.24) is 4.90 Å². The van der Waals surface area contributed by atoms with Gasteiger partial charge >= 0.3 is 6.09 Å². The molecule has 0 bridgehead atoms. The Bertz CT molecular complexity index is 273.